The summed E-state index contributed by atoms with van der Waals surface area (Å²) in [6.45, 7) is 2.07. The highest BCUT2D eigenvalue weighted by Crippen LogP contribution is 2.13. The normalized spacial score (nSPS) is 12.9. The summed E-state index contributed by atoms with van der Waals surface area (Å²) in [5, 5.41) is 0. The zero-order chi connectivity index (χ0) is 8.97. The predicted octanol–water partition coefficient (Wildman–Crippen LogP) is 2.02. The molecule has 1 atom stereocenters. The second-order valence-corrected chi connectivity index (χ2v) is 2.81. The fourth-order valence-electron chi connectivity index (χ4n) is 1.08. The third kappa shape index (κ3) is 2.27. The van der Waals surface area contributed by atoms with Gasteiger partial charge in [-0.15, -0.1) is 0 Å². The number of rotatable bonds is 3. The molecule has 0 saturated carbocycles. The molecule has 0 saturated heterocycles. The van der Waals surface area contributed by atoms with E-state index >= 15 is 0 Å². The van der Waals surface area contributed by atoms with Crippen molar-refractivity contribution in [3.05, 3.63) is 29.8 Å². The Labute approximate surface area is 71.6 Å². The summed E-state index contributed by atoms with van der Waals surface area (Å²) >= 11 is 0. The number of pyridine rings is 1. The Morgan fingerprint density at radius 3 is 2.83 bits per heavy atom. The molecule has 0 aliphatic heterocycles. The SMILES string of the molecule is CCCC(N)c1ccc(F)nc1. The van der Waals surface area contributed by atoms with Crippen molar-refractivity contribution in [1.29, 1.82) is 0 Å². The second kappa shape index (κ2) is 4.16. The van der Waals surface area contributed by atoms with Crippen molar-refractivity contribution in [1.82, 2.24) is 4.98 Å². The van der Waals surface area contributed by atoms with Crippen molar-refractivity contribution >= 4 is 0 Å². The maximum atomic E-state index is 12.4. The first-order chi connectivity index (χ1) is 5.74. The first kappa shape index (κ1) is 9.13. The minimum absolute atomic E-state index is 0.0110. The number of hydrogen-bond acceptors (Lipinski definition) is 2. The molecule has 1 heterocycles. The lowest BCUT2D eigenvalue weighted by Crippen LogP contribution is -2.09. The number of halogens is 1. The summed E-state index contributed by atoms with van der Waals surface area (Å²) in [6, 6.07) is 3.01. The molecular formula is C9H13FN2. The number of nitrogens with two attached hydrogens (primary N) is 1. The smallest absolute Gasteiger partial charge is 0.212 e. The number of aromatic nitrogens is 1. The van der Waals surface area contributed by atoms with Gasteiger partial charge in [-0.2, -0.15) is 4.39 Å². The van der Waals surface area contributed by atoms with Crippen molar-refractivity contribution < 1.29 is 4.39 Å². The maximum Gasteiger partial charge on any atom is 0.212 e. The van der Waals surface area contributed by atoms with E-state index in [1.54, 1.807) is 6.07 Å². The quantitative estimate of drug-likeness (QED) is 0.701. The molecule has 0 bridgehead atoms. The molecule has 0 aliphatic carbocycles. The van der Waals surface area contributed by atoms with E-state index in [2.05, 4.69) is 11.9 Å². The molecule has 1 rings (SSSR count). The first-order valence-electron chi connectivity index (χ1n) is 4.11. The molecule has 0 spiro atoms. The number of hydrogen-bond donors (Lipinski definition) is 1. The largest absolute Gasteiger partial charge is 0.324 e. The van der Waals surface area contributed by atoms with Gasteiger partial charge in [0, 0.05) is 12.2 Å². The summed E-state index contributed by atoms with van der Waals surface area (Å²) in [6.07, 6.45) is 3.43. The zero-order valence-corrected chi connectivity index (χ0v) is 7.13. The van der Waals surface area contributed by atoms with E-state index in [1.807, 2.05) is 0 Å². The van der Waals surface area contributed by atoms with Crippen LogP contribution < -0.4 is 5.73 Å². The van der Waals surface area contributed by atoms with Crippen LogP contribution in [0.5, 0.6) is 0 Å². The Morgan fingerprint density at radius 2 is 2.33 bits per heavy atom. The van der Waals surface area contributed by atoms with Gasteiger partial charge in [0.1, 0.15) is 0 Å². The van der Waals surface area contributed by atoms with E-state index in [9.17, 15) is 4.39 Å². The van der Waals surface area contributed by atoms with Crippen LogP contribution in [-0.4, -0.2) is 4.98 Å². The molecule has 2 N–H and O–H groups in total. The van der Waals surface area contributed by atoms with Gasteiger partial charge in [-0.1, -0.05) is 19.4 Å². The molecule has 1 aromatic rings. The van der Waals surface area contributed by atoms with Crippen molar-refractivity contribution in [3.8, 4) is 0 Å². The Bertz CT molecular complexity index is 233. The Balaban J connectivity index is 2.68. The molecule has 3 heteroatoms. The monoisotopic (exact) mass is 168 g/mol. The maximum absolute atomic E-state index is 12.4. The van der Waals surface area contributed by atoms with Crippen LogP contribution in [0, 0.1) is 5.95 Å². The summed E-state index contributed by atoms with van der Waals surface area (Å²) in [4.78, 5) is 3.54. The van der Waals surface area contributed by atoms with Crippen LogP contribution in [0.3, 0.4) is 0 Å². The standard InChI is InChI=1S/C9H13FN2/c1-2-3-8(11)7-4-5-9(10)12-6-7/h4-6,8H,2-3,11H2,1H3. The van der Waals surface area contributed by atoms with Crippen LogP contribution in [0.1, 0.15) is 31.4 Å². The first-order valence-corrected chi connectivity index (χ1v) is 4.11. The van der Waals surface area contributed by atoms with Gasteiger partial charge in [-0.05, 0) is 18.1 Å². The van der Waals surface area contributed by atoms with Crippen LogP contribution in [0.15, 0.2) is 18.3 Å². The van der Waals surface area contributed by atoms with Crippen LogP contribution in [0.25, 0.3) is 0 Å². The van der Waals surface area contributed by atoms with Crippen molar-refractivity contribution in [2.75, 3.05) is 0 Å². The average molecular weight is 168 g/mol. The Hall–Kier alpha value is -0.960. The number of nitrogens with zero attached hydrogens (tertiary/aromatic N) is 1. The summed E-state index contributed by atoms with van der Waals surface area (Å²) < 4.78 is 12.4. The fraction of sp³-hybridized carbons (Fsp3) is 0.444. The van der Waals surface area contributed by atoms with Crippen LogP contribution in [-0.2, 0) is 0 Å². The topological polar surface area (TPSA) is 38.9 Å². The molecule has 66 valence electrons. The van der Waals surface area contributed by atoms with E-state index in [0.29, 0.717) is 0 Å². The minimum Gasteiger partial charge on any atom is -0.324 e. The van der Waals surface area contributed by atoms with Crippen molar-refractivity contribution in [2.45, 2.75) is 25.8 Å². The molecule has 0 amide bonds. The van der Waals surface area contributed by atoms with E-state index < -0.39 is 5.95 Å². The second-order valence-electron chi connectivity index (χ2n) is 2.81. The van der Waals surface area contributed by atoms with E-state index in [-0.39, 0.29) is 6.04 Å². The average Bonchev–Trinajstić information content (AvgIpc) is 2.06. The Kier molecular flexibility index (Phi) is 3.17. The molecule has 2 nitrogen and oxygen atoms in total. The Morgan fingerprint density at radius 1 is 1.58 bits per heavy atom. The third-order valence-electron chi connectivity index (χ3n) is 1.78. The highest BCUT2D eigenvalue weighted by atomic mass is 19.1. The van der Waals surface area contributed by atoms with E-state index in [0.717, 1.165) is 18.4 Å². The molecule has 0 fully saturated rings. The lowest BCUT2D eigenvalue weighted by atomic mass is 10.1. The fourth-order valence-corrected chi connectivity index (χ4v) is 1.08. The van der Waals surface area contributed by atoms with Gasteiger partial charge in [0.2, 0.25) is 5.95 Å². The molecule has 0 aliphatic rings. The molecule has 12 heavy (non-hydrogen) atoms. The lowest BCUT2D eigenvalue weighted by molar-refractivity contribution is 0.575. The third-order valence-corrected chi connectivity index (χ3v) is 1.78. The van der Waals surface area contributed by atoms with Gasteiger partial charge in [0.05, 0.1) is 0 Å². The van der Waals surface area contributed by atoms with Gasteiger partial charge >= 0.3 is 0 Å². The van der Waals surface area contributed by atoms with Crippen LogP contribution >= 0.6 is 0 Å². The minimum atomic E-state index is -0.456. The highest BCUT2D eigenvalue weighted by Gasteiger charge is 2.04. The molecule has 0 radical (unpaired) electrons. The summed E-state index contributed by atoms with van der Waals surface area (Å²) in [7, 11) is 0. The van der Waals surface area contributed by atoms with Crippen molar-refractivity contribution in [3.63, 3.8) is 0 Å². The van der Waals surface area contributed by atoms with E-state index in [1.165, 1.54) is 12.3 Å². The zero-order valence-electron chi connectivity index (χ0n) is 7.13. The molecule has 1 unspecified atom stereocenters. The van der Waals surface area contributed by atoms with Crippen molar-refractivity contribution in [2.24, 2.45) is 5.73 Å². The van der Waals surface area contributed by atoms with Gasteiger partial charge in [-0.25, -0.2) is 4.98 Å². The van der Waals surface area contributed by atoms with Gasteiger partial charge in [-0.3, -0.25) is 0 Å². The summed E-state index contributed by atoms with van der Waals surface area (Å²) in [5.41, 5.74) is 6.69. The molecule has 0 aromatic carbocycles. The van der Waals surface area contributed by atoms with Crippen LogP contribution in [0.4, 0.5) is 4.39 Å². The van der Waals surface area contributed by atoms with Gasteiger partial charge in [0.25, 0.3) is 0 Å². The molecule has 1 aromatic heterocycles. The van der Waals surface area contributed by atoms with Crippen LogP contribution in [0.2, 0.25) is 0 Å². The van der Waals surface area contributed by atoms with Gasteiger partial charge < -0.3 is 5.73 Å². The predicted molar refractivity (Wildman–Crippen MR) is 46.0 cm³/mol. The van der Waals surface area contributed by atoms with Gasteiger partial charge in [0.15, 0.2) is 0 Å². The van der Waals surface area contributed by atoms with E-state index in [4.69, 9.17) is 5.73 Å². The summed E-state index contributed by atoms with van der Waals surface area (Å²) in [5.74, 6) is -0.456. The lowest BCUT2D eigenvalue weighted by Gasteiger charge is -2.08. The highest BCUT2D eigenvalue weighted by molar-refractivity contribution is 5.13. The molecular weight excluding hydrogens is 155 g/mol.